The Labute approximate surface area is 205 Å². The van der Waals surface area contributed by atoms with Gasteiger partial charge in [-0.3, -0.25) is 9.10 Å². The predicted octanol–water partition coefficient (Wildman–Crippen LogP) is 5.45. The Morgan fingerprint density at radius 3 is 2.09 bits per heavy atom. The molecule has 0 atom stereocenters. The average Bonchev–Trinajstić information content (AvgIpc) is 2.83. The zero-order chi connectivity index (χ0) is 23.8. The summed E-state index contributed by atoms with van der Waals surface area (Å²) in [5.74, 6) is 0.592. The van der Waals surface area contributed by atoms with Crippen LogP contribution in [0.1, 0.15) is 22.8 Å². The van der Waals surface area contributed by atoms with Crippen molar-refractivity contribution in [1.82, 2.24) is 5.32 Å². The fourth-order valence-electron chi connectivity index (χ4n) is 3.22. The average molecular weight is 501 g/mol. The Morgan fingerprint density at radius 2 is 1.52 bits per heavy atom. The van der Waals surface area contributed by atoms with Gasteiger partial charge in [0.2, 0.25) is 0 Å². The SMILES string of the molecule is CCN(c1ccc(C(=O)NCCSc2ccc(C)cc2)cc1)S(=O)(=O)c1ccc(SC)cc1. The van der Waals surface area contributed by atoms with Crippen molar-refractivity contribution in [2.75, 3.05) is 29.4 Å². The first-order valence-electron chi connectivity index (χ1n) is 10.6. The van der Waals surface area contributed by atoms with Crippen molar-refractivity contribution in [3.63, 3.8) is 0 Å². The van der Waals surface area contributed by atoms with Crippen LogP contribution in [0.15, 0.2) is 87.5 Å². The number of carbonyl (C=O) groups excluding carboxylic acids is 1. The maximum Gasteiger partial charge on any atom is 0.264 e. The largest absolute Gasteiger partial charge is 0.351 e. The number of sulfonamides is 1. The van der Waals surface area contributed by atoms with E-state index in [2.05, 4.69) is 36.5 Å². The summed E-state index contributed by atoms with van der Waals surface area (Å²) in [6, 6.07) is 21.8. The Balaban J connectivity index is 1.61. The molecule has 0 bridgehead atoms. The van der Waals surface area contributed by atoms with E-state index in [1.165, 1.54) is 14.8 Å². The van der Waals surface area contributed by atoms with Crippen LogP contribution in [-0.2, 0) is 10.0 Å². The Kier molecular flexibility index (Phi) is 8.88. The maximum absolute atomic E-state index is 13.1. The lowest BCUT2D eigenvalue weighted by Gasteiger charge is -2.23. The zero-order valence-electron chi connectivity index (χ0n) is 18.9. The van der Waals surface area contributed by atoms with Crippen LogP contribution in [-0.4, -0.2) is 39.4 Å². The molecular formula is C25H28N2O3S3. The summed E-state index contributed by atoms with van der Waals surface area (Å²) in [4.78, 5) is 14.9. The van der Waals surface area contributed by atoms with Gasteiger partial charge in [-0.1, -0.05) is 17.7 Å². The van der Waals surface area contributed by atoms with Crippen molar-refractivity contribution in [3.05, 3.63) is 83.9 Å². The number of carbonyl (C=O) groups is 1. The molecule has 33 heavy (non-hydrogen) atoms. The van der Waals surface area contributed by atoms with Gasteiger partial charge >= 0.3 is 0 Å². The summed E-state index contributed by atoms with van der Waals surface area (Å²) in [5, 5.41) is 2.92. The highest BCUT2D eigenvalue weighted by molar-refractivity contribution is 7.99. The monoisotopic (exact) mass is 500 g/mol. The van der Waals surface area contributed by atoms with Gasteiger partial charge in [0, 0.05) is 34.2 Å². The van der Waals surface area contributed by atoms with E-state index >= 15 is 0 Å². The van der Waals surface area contributed by atoms with Crippen molar-refractivity contribution < 1.29 is 13.2 Å². The minimum absolute atomic E-state index is 0.176. The van der Waals surface area contributed by atoms with Crippen LogP contribution in [0, 0.1) is 6.92 Å². The molecule has 0 aromatic heterocycles. The van der Waals surface area contributed by atoms with E-state index in [1.54, 1.807) is 79.0 Å². The summed E-state index contributed by atoms with van der Waals surface area (Å²) >= 11 is 3.25. The molecule has 0 aliphatic rings. The van der Waals surface area contributed by atoms with Crippen molar-refractivity contribution in [2.45, 2.75) is 28.5 Å². The number of amides is 1. The summed E-state index contributed by atoms with van der Waals surface area (Å²) in [6.45, 7) is 4.67. The normalized spacial score (nSPS) is 11.2. The van der Waals surface area contributed by atoms with Gasteiger partial charge in [-0.05, 0) is 80.8 Å². The van der Waals surface area contributed by atoms with E-state index in [9.17, 15) is 13.2 Å². The second-order valence-electron chi connectivity index (χ2n) is 7.31. The lowest BCUT2D eigenvalue weighted by Crippen LogP contribution is -2.31. The van der Waals surface area contributed by atoms with Crippen LogP contribution >= 0.6 is 23.5 Å². The van der Waals surface area contributed by atoms with Gasteiger partial charge in [0.05, 0.1) is 10.6 Å². The molecule has 1 N–H and O–H groups in total. The van der Waals surface area contributed by atoms with Crippen molar-refractivity contribution in [3.8, 4) is 0 Å². The summed E-state index contributed by atoms with van der Waals surface area (Å²) < 4.78 is 27.6. The lowest BCUT2D eigenvalue weighted by atomic mass is 10.2. The molecule has 5 nitrogen and oxygen atoms in total. The molecule has 0 saturated heterocycles. The third kappa shape index (κ3) is 6.56. The predicted molar refractivity (Wildman–Crippen MR) is 139 cm³/mol. The van der Waals surface area contributed by atoms with E-state index in [-0.39, 0.29) is 17.3 Å². The van der Waals surface area contributed by atoms with Crippen LogP contribution in [0.25, 0.3) is 0 Å². The smallest absolute Gasteiger partial charge is 0.264 e. The summed E-state index contributed by atoms with van der Waals surface area (Å²) in [6.07, 6.45) is 1.95. The molecule has 3 aromatic rings. The molecular weight excluding hydrogens is 472 g/mol. The van der Waals surface area contributed by atoms with Crippen molar-refractivity contribution in [2.24, 2.45) is 0 Å². The van der Waals surface area contributed by atoms with E-state index in [1.807, 2.05) is 6.26 Å². The first-order chi connectivity index (χ1) is 15.8. The van der Waals surface area contributed by atoms with Crippen LogP contribution in [0.5, 0.6) is 0 Å². The van der Waals surface area contributed by atoms with Gasteiger partial charge in [0.15, 0.2) is 0 Å². The quantitative estimate of drug-likeness (QED) is 0.296. The highest BCUT2D eigenvalue weighted by atomic mass is 32.2. The van der Waals surface area contributed by atoms with Gasteiger partial charge < -0.3 is 5.32 Å². The fraction of sp³-hybridized carbons (Fsp3) is 0.240. The molecule has 3 aromatic carbocycles. The Bertz CT molecular complexity index is 1160. The molecule has 0 radical (unpaired) electrons. The molecule has 174 valence electrons. The first kappa shape index (κ1) is 25.2. The highest BCUT2D eigenvalue weighted by Gasteiger charge is 2.23. The van der Waals surface area contributed by atoms with E-state index < -0.39 is 10.0 Å². The van der Waals surface area contributed by atoms with Crippen LogP contribution in [0.2, 0.25) is 0 Å². The second kappa shape index (κ2) is 11.6. The molecule has 0 aliphatic carbocycles. The van der Waals surface area contributed by atoms with Gasteiger partial charge in [0.25, 0.3) is 15.9 Å². The number of hydrogen-bond donors (Lipinski definition) is 1. The van der Waals surface area contributed by atoms with Gasteiger partial charge in [-0.25, -0.2) is 8.42 Å². The number of benzene rings is 3. The maximum atomic E-state index is 13.1. The lowest BCUT2D eigenvalue weighted by molar-refractivity contribution is 0.0956. The zero-order valence-corrected chi connectivity index (χ0v) is 21.4. The van der Waals surface area contributed by atoms with Crippen molar-refractivity contribution >= 4 is 45.1 Å². The number of rotatable bonds is 10. The van der Waals surface area contributed by atoms with Gasteiger partial charge in [-0.2, -0.15) is 0 Å². The number of thioether (sulfide) groups is 2. The van der Waals surface area contributed by atoms with Gasteiger partial charge in [-0.15, -0.1) is 23.5 Å². The molecule has 0 aliphatic heterocycles. The molecule has 1 amide bonds. The number of nitrogens with one attached hydrogen (secondary N) is 1. The second-order valence-corrected chi connectivity index (χ2v) is 11.2. The fourth-order valence-corrected chi connectivity index (χ4v) is 5.87. The van der Waals surface area contributed by atoms with Crippen molar-refractivity contribution in [1.29, 1.82) is 0 Å². The Hall–Kier alpha value is -2.42. The minimum Gasteiger partial charge on any atom is -0.351 e. The topological polar surface area (TPSA) is 66.5 Å². The molecule has 3 rings (SSSR count). The van der Waals surface area contributed by atoms with Crippen LogP contribution in [0.4, 0.5) is 5.69 Å². The molecule has 0 saturated carbocycles. The molecule has 8 heteroatoms. The van der Waals surface area contributed by atoms with Crippen LogP contribution < -0.4 is 9.62 Å². The number of anilines is 1. The number of hydrogen-bond acceptors (Lipinski definition) is 5. The first-order valence-corrected chi connectivity index (χ1v) is 14.2. The van der Waals surface area contributed by atoms with Gasteiger partial charge in [0.1, 0.15) is 0 Å². The molecule has 0 heterocycles. The molecule has 0 unspecified atom stereocenters. The Morgan fingerprint density at radius 1 is 0.909 bits per heavy atom. The third-order valence-electron chi connectivity index (χ3n) is 5.03. The standard InChI is InChI=1S/C25H28N2O3S3/c1-4-27(33(29,30)24-15-13-22(31-3)14-16-24)21-9-7-20(8-10-21)25(28)26-17-18-32-23-11-5-19(2)6-12-23/h5-16H,4,17-18H2,1-3H3,(H,26,28). The summed E-state index contributed by atoms with van der Waals surface area (Å²) in [5.41, 5.74) is 2.24. The number of nitrogens with zero attached hydrogens (tertiary/aromatic N) is 1. The molecule has 0 fully saturated rings. The van der Waals surface area contributed by atoms with E-state index in [0.29, 0.717) is 17.8 Å². The number of aryl methyl sites for hydroxylation is 1. The summed E-state index contributed by atoms with van der Waals surface area (Å²) in [7, 11) is -3.69. The van der Waals surface area contributed by atoms with E-state index in [4.69, 9.17) is 0 Å². The van der Waals surface area contributed by atoms with Crippen LogP contribution in [0.3, 0.4) is 0 Å². The van der Waals surface area contributed by atoms with E-state index in [0.717, 1.165) is 10.6 Å². The highest BCUT2D eigenvalue weighted by Crippen LogP contribution is 2.25. The molecule has 0 spiro atoms. The third-order valence-corrected chi connectivity index (χ3v) is 8.70. The minimum atomic E-state index is -3.69.